The number of nitrogens with one attached hydrogen (secondary N) is 2. The molecule has 2 aromatic carbocycles. The van der Waals surface area contributed by atoms with Crippen LogP contribution in [0.4, 0.5) is 15.9 Å². The SMILES string of the molecule is Fc1ccc(NC(=S)Nc2noc3ccccc23)cc1. The summed E-state index contributed by atoms with van der Waals surface area (Å²) in [4.78, 5) is 0. The molecular weight excluding hydrogens is 277 g/mol. The molecule has 0 saturated heterocycles. The maximum absolute atomic E-state index is 12.8. The Hall–Kier alpha value is -2.47. The predicted molar refractivity (Wildman–Crippen MR) is 80.3 cm³/mol. The number of rotatable bonds is 2. The molecule has 3 aromatic rings. The van der Waals surface area contributed by atoms with E-state index in [1.807, 2.05) is 24.3 Å². The Kier molecular flexibility index (Phi) is 3.30. The van der Waals surface area contributed by atoms with E-state index in [2.05, 4.69) is 15.8 Å². The van der Waals surface area contributed by atoms with Crippen LogP contribution in [0.5, 0.6) is 0 Å². The Morgan fingerprint density at radius 2 is 1.80 bits per heavy atom. The van der Waals surface area contributed by atoms with E-state index in [1.54, 1.807) is 12.1 Å². The molecule has 4 nitrogen and oxygen atoms in total. The van der Waals surface area contributed by atoms with Crippen molar-refractivity contribution < 1.29 is 8.91 Å². The van der Waals surface area contributed by atoms with E-state index in [-0.39, 0.29) is 5.82 Å². The van der Waals surface area contributed by atoms with Gasteiger partial charge in [-0.3, -0.25) is 0 Å². The molecule has 0 atom stereocenters. The van der Waals surface area contributed by atoms with Gasteiger partial charge in [0.15, 0.2) is 16.5 Å². The molecule has 0 aliphatic rings. The standard InChI is InChI=1S/C14H10FN3OS/c15-9-5-7-10(8-6-9)16-14(20)17-13-11-3-1-2-4-12(11)19-18-13/h1-8H,(H2,16,17,18,20). The Balaban J connectivity index is 1.74. The average Bonchev–Trinajstić information content (AvgIpc) is 2.85. The number of fused-ring (bicyclic) bond motifs is 1. The number of para-hydroxylation sites is 1. The molecule has 0 fully saturated rings. The summed E-state index contributed by atoms with van der Waals surface area (Å²) in [6.45, 7) is 0. The van der Waals surface area contributed by atoms with Crippen molar-refractivity contribution in [1.82, 2.24) is 5.16 Å². The van der Waals surface area contributed by atoms with Gasteiger partial charge in [0.2, 0.25) is 0 Å². The number of nitrogens with zero attached hydrogens (tertiary/aromatic N) is 1. The minimum atomic E-state index is -0.295. The summed E-state index contributed by atoms with van der Waals surface area (Å²) < 4.78 is 18.0. The minimum Gasteiger partial charge on any atom is -0.354 e. The Morgan fingerprint density at radius 3 is 2.60 bits per heavy atom. The molecule has 0 aliphatic carbocycles. The second-order valence-electron chi connectivity index (χ2n) is 4.11. The van der Waals surface area contributed by atoms with Gasteiger partial charge in [0.25, 0.3) is 0 Å². The highest BCUT2D eigenvalue weighted by Gasteiger charge is 2.08. The summed E-state index contributed by atoms with van der Waals surface area (Å²) in [7, 11) is 0. The molecule has 2 N–H and O–H groups in total. The van der Waals surface area contributed by atoms with E-state index in [1.165, 1.54) is 12.1 Å². The van der Waals surface area contributed by atoms with Crippen molar-refractivity contribution in [2.24, 2.45) is 0 Å². The molecule has 0 amide bonds. The van der Waals surface area contributed by atoms with Crippen LogP contribution in [0.2, 0.25) is 0 Å². The lowest BCUT2D eigenvalue weighted by Gasteiger charge is -2.08. The topological polar surface area (TPSA) is 50.1 Å². The maximum atomic E-state index is 12.8. The number of hydrogen-bond acceptors (Lipinski definition) is 3. The van der Waals surface area contributed by atoms with Crippen LogP contribution in [0.25, 0.3) is 11.0 Å². The summed E-state index contributed by atoms with van der Waals surface area (Å²) in [5.41, 5.74) is 1.37. The fourth-order valence-corrected chi connectivity index (χ4v) is 1.99. The van der Waals surface area contributed by atoms with Crippen molar-refractivity contribution in [3.05, 3.63) is 54.3 Å². The molecule has 0 aliphatic heterocycles. The third-order valence-electron chi connectivity index (χ3n) is 2.71. The van der Waals surface area contributed by atoms with Crippen LogP contribution >= 0.6 is 12.2 Å². The smallest absolute Gasteiger partial charge is 0.183 e. The van der Waals surface area contributed by atoms with Crippen LogP contribution in [0.3, 0.4) is 0 Å². The van der Waals surface area contributed by atoms with Gasteiger partial charge in [-0.1, -0.05) is 17.3 Å². The van der Waals surface area contributed by atoms with E-state index < -0.39 is 0 Å². The molecule has 0 unspecified atom stereocenters. The number of aromatic nitrogens is 1. The van der Waals surface area contributed by atoms with Crippen LogP contribution in [-0.2, 0) is 0 Å². The average molecular weight is 287 g/mol. The first-order valence-corrected chi connectivity index (χ1v) is 6.31. The first kappa shape index (κ1) is 12.6. The fraction of sp³-hybridized carbons (Fsp3) is 0. The van der Waals surface area contributed by atoms with Crippen LogP contribution in [-0.4, -0.2) is 10.3 Å². The van der Waals surface area contributed by atoms with Gasteiger partial charge >= 0.3 is 0 Å². The van der Waals surface area contributed by atoms with Crippen LogP contribution in [0.15, 0.2) is 53.1 Å². The van der Waals surface area contributed by atoms with Crippen molar-refractivity contribution in [3.63, 3.8) is 0 Å². The normalized spacial score (nSPS) is 10.4. The molecule has 1 heterocycles. The number of benzene rings is 2. The highest BCUT2D eigenvalue weighted by atomic mass is 32.1. The fourth-order valence-electron chi connectivity index (χ4n) is 1.78. The zero-order valence-electron chi connectivity index (χ0n) is 10.3. The summed E-state index contributed by atoms with van der Waals surface area (Å²) in [5.74, 6) is 0.247. The lowest BCUT2D eigenvalue weighted by molar-refractivity contribution is 0.460. The van der Waals surface area contributed by atoms with E-state index in [4.69, 9.17) is 16.7 Å². The first-order valence-electron chi connectivity index (χ1n) is 5.90. The van der Waals surface area contributed by atoms with Crippen LogP contribution in [0.1, 0.15) is 0 Å². The Morgan fingerprint density at radius 1 is 1.05 bits per heavy atom. The zero-order valence-corrected chi connectivity index (χ0v) is 11.1. The highest BCUT2D eigenvalue weighted by Crippen LogP contribution is 2.22. The maximum Gasteiger partial charge on any atom is 0.183 e. The van der Waals surface area contributed by atoms with Crippen molar-refractivity contribution in [1.29, 1.82) is 0 Å². The molecular formula is C14H10FN3OS. The first-order chi connectivity index (χ1) is 9.72. The van der Waals surface area contributed by atoms with Crippen molar-refractivity contribution in [2.45, 2.75) is 0 Å². The number of halogens is 1. The van der Waals surface area contributed by atoms with E-state index >= 15 is 0 Å². The molecule has 3 rings (SSSR count). The van der Waals surface area contributed by atoms with Crippen molar-refractivity contribution in [3.8, 4) is 0 Å². The number of anilines is 2. The molecule has 100 valence electrons. The number of thiocarbonyl (C=S) groups is 1. The molecule has 1 aromatic heterocycles. The molecule has 20 heavy (non-hydrogen) atoms. The van der Waals surface area contributed by atoms with Gasteiger partial charge in [0.1, 0.15) is 5.82 Å². The van der Waals surface area contributed by atoms with Gasteiger partial charge in [-0.2, -0.15) is 0 Å². The summed E-state index contributed by atoms with van der Waals surface area (Å²) >= 11 is 5.18. The third kappa shape index (κ3) is 2.60. The van der Waals surface area contributed by atoms with Crippen molar-refractivity contribution >= 4 is 39.8 Å². The highest BCUT2D eigenvalue weighted by molar-refractivity contribution is 7.80. The summed E-state index contributed by atoms with van der Waals surface area (Å²) in [5, 5.41) is 11.0. The molecule has 0 saturated carbocycles. The second kappa shape index (κ2) is 5.26. The zero-order chi connectivity index (χ0) is 13.9. The number of hydrogen-bond donors (Lipinski definition) is 2. The molecule has 6 heteroatoms. The minimum absolute atomic E-state index is 0.295. The van der Waals surface area contributed by atoms with Crippen LogP contribution < -0.4 is 10.6 Å². The quantitative estimate of drug-likeness (QED) is 0.703. The van der Waals surface area contributed by atoms with Gasteiger partial charge in [-0.15, -0.1) is 0 Å². The van der Waals surface area contributed by atoms with Crippen molar-refractivity contribution in [2.75, 3.05) is 10.6 Å². The molecule has 0 spiro atoms. The van der Waals surface area contributed by atoms with Gasteiger partial charge in [0.05, 0.1) is 5.39 Å². The monoisotopic (exact) mass is 287 g/mol. The largest absolute Gasteiger partial charge is 0.354 e. The second-order valence-corrected chi connectivity index (χ2v) is 4.52. The van der Waals surface area contributed by atoms with Gasteiger partial charge in [-0.05, 0) is 48.6 Å². The molecule has 0 bridgehead atoms. The lowest BCUT2D eigenvalue weighted by Crippen LogP contribution is -2.19. The van der Waals surface area contributed by atoms with E-state index in [0.29, 0.717) is 22.2 Å². The summed E-state index contributed by atoms with van der Waals surface area (Å²) in [6.07, 6.45) is 0. The molecule has 0 radical (unpaired) electrons. The van der Waals surface area contributed by atoms with Gasteiger partial charge in [-0.25, -0.2) is 4.39 Å². The predicted octanol–water partition coefficient (Wildman–Crippen LogP) is 3.78. The Bertz CT molecular complexity index is 754. The third-order valence-corrected chi connectivity index (χ3v) is 2.92. The van der Waals surface area contributed by atoms with Gasteiger partial charge < -0.3 is 15.2 Å². The lowest BCUT2D eigenvalue weighted by atomic mass is 10.2. The van der Waals surface area contributed by atoms with Crippen LogP contribution in [0, 0.1) is 5.82 Å². The van der Waals surface area contributed by atoms with E-state index in [9.17, 15) is 4.39 Å². The summed E-state index contributed by atoms with van der Waals surface area (Å²) in [6, 6.07) is 13.4. The van der Waals surface area contributed by atoms with E-state index in [0.717, 1.165) is 5.39 Å². The van der Waals surface area contributed by atoms with Gasteiger partial charge in [0, 0.05) is 5.69 Å². The Labute approximate surface area is 119 Å².